The third-order valence-corrected chi connectivity index (χ3v) is 4.01. The normalized spacial score (nSPS) is 18.3. The van der Waals surface area contributed by atoms with Crippen LogP contribution in [0, 0.1) is 6.92 Å². The average molecular weight is 302 g/mol. The highest BCUT2D eigenvalue weighted by Gasteiger charge is 2.19. The summed E-state index contributed by atoms with van der Waals surface area (Å²) in [5.41, 5.74) is 2.15. The van der Waals surface area contributed by atoms with Crippen molar-refractivity contribution >= 4 is 16.9 Å². The molecule has 3 heterocycles. The fourth-order valence-corrected chi connectivity index (χ4v) is 2.78. The second kappa shape index (κ2) is 6.04. The van der Waals surface area contributed by atoms with Gasteiger partial charge in [0.2, 0.25) is 0 Å². The number of nitrogens with one attached hydrogen (secondary N) is 1. The Morgan fingerprint density at radius 2 is 2.36 bits per heavy atom. The number of pyridine rings is 1. The van der Waals surface area contributed by atoms with E-state index in [0.29, 0.717) is 12.1 Å². The second-order valence-corrected chi connectivity index (χ2v) is 6.06. The maximum absolute atomic E-state index is 12.4. The van der Waals surface area contributed by atoms with Crippen LogP contribution in [0.15, 0.2) is 12.3 Å². The molecule has 22 heavy (non-hydrogen) atoms. The minimum atomic E-state index is -0.0975. The number of ether oxygens (including phenoxy) is 1. The van der Waals surface area contributed by atoms with Crippen LogP contribution in [-0.4, -0.2) is 39.9 Å². The SMILES string of the molecule is Cc1nc2c(cnn2C(C)C)cc1C(=O)NCC1CCCO1. The Bertz CT molecular complexity index is 687. The molecule has 1 amide bonds. The summed E-state index contributed by atoms with van der Waals surface area (Å²) in [6.07, 6.45) is 3.99. The van der Waals surface area contributed by atoms with Gasteiger partial charge in [0, 0.05) is 24.6 Å². The molecule has 1 N–H and O–H groups in total. The number of hydrogen-bond acceptors (Lipinski definition) is 4. The lowest BCUT2D eigenvalue weighted by Gasteiger charge is -2.12. The highest BCUT2D eigenvalue weighted by Crippen LogP contribution is 2.19. The molecule has 1 fully saturated rings. The first-order chi connectivity index (χ1) is 10.6. The molecule has 1 saturated heterocycles. The van der Waals surface area contributed by atoms with Crippen LogP contribution < -0.4 is 5.32 Å². The number of aromatic nitrogens is 3. The molecule has 6 nitrogen and oxygen atoms in total. The molecule has 118 valence electrons. The molecule has 0 aliphatic carbocycles. The summed E-state index contributed by atoms with van der Waals surface area (Å²) >= 11 is 0. The van der Waals surface area contributed by atoms with E-state index in [-0.39, 0.29) is 18.1 Å². The van der Waals surface area contributed by atoms with Crippen LogP contribution in [-0.2, 0) is 4.74 Å². The van der Waals surface area contributed by atoms with Crippen molar-refractivity contribution in [3.63, 3.8) is 0 Å². The van der Waals surface area contributed by atoms with Crippen LogP contribution >= 0.6 is 0 Å². The molecule has 0 spiro atoms. The summed E-state index contributed by atoms with van der Waals surface area (Å²) in [5.74, 6) is -0.0975. The maximum atomic E-state index is 12.4. The van der Waals surface area contributed by atoms with Crippen LogP contribution in [0.3, 0.4) is 0 Å². The first kappa shape index (κ1) is 15.0. The molecule has 1 aliphatic heterocycles. The maximum Gasteiger partial charge on any atom is 0.253 e. The summed E-state index contributed by atoms with van der Waals surface area (Å²) in [6, 6.07) is 2.11. The third-order valence-electron chi connectivity index (χ3n) is 4.01. The van der Waals surface area contributed by atoms with E-state index in [0.717, 1.165) is 36.2 Å². The van der Waals surface area contributed by atoms with Gasteiger partial charge in [0.05, 0.1) is 23.6 Å². The van der Waals surface area contributed by atoms with Crippen LogP contribution in [0.25, 0.3) is 11.0 Å². The Kier molecular flexibility index (Phi) is 4.11. The third kappa shape index (κ3) is 2.83. The van der Waals surface area contributed by atoms with Crippen LogP contribution in [0.1, 0.15) is 48.8 Å². The number of fused-ring (bicyclic) bond motifs is 1. The van der Waals surface area contributed by atoms with E-state index in [4.69, 9.17) is 4.74 Å². The largest absolute Gasteiger partial charge is 0.376 e. The molecule has 1 aliphatic rings. The summed E-state index contributed by atoms with van der Waals surface area (Å²) < 4.78 is 7.40. The lowest BCUT2D eigenvalue weighted by atomic mass is 10.1. The summed E-state index contributed by atoms with van der Waals surface area (Å²) in [4.78, 5) is 16.9. The molecule has 1 atom stereocenters. The second-order valence-electron chi connectivity index (χ2n) is 6.06. The van der Waals surface area contributed by atoms with Gasteiger partial charge in [0.15, 0.2) is 5.65 Å². The lowest BCUT2D eigenvalue weighted by molar-refractivity contribution is 0.0857. The van der Waals surface area contributed by atoms with Gasteiger partial charge in [-0.25, -0.2) is 9.67 Å². The first-order valence-electron chi connectivity index (χ1n) is 7.81. The Balaban J connectivity index is 1.80. The Hall–Kier alpha value is -1.95. The highest BCUT2D eigenvalue weighted by molar-refractivity contribution is 5.98. The van der Waals surface area contributed by atoms with Crippen LogP contribution in [0.4, 0.5) is 0 Å². The predicted molar refractivity (Wildman–Crippen MR) is 84.0 cm³/mol. The van der Waals surface area contributed by atoms with Crippen molar-refractivity contribution in [1.82, 2.24) is 20.1 Å². The Labute approximate surface area is 129 Å². The quantitative estimate of drug-likeness (QED) is 0.940. The van der Waals surface area contributed by atoms with E-state index in [2.05, 4.69) is 29.2 Å². The molecule has 2 aromatic heterocycles. The molecule has 2 aromatic rings. The topological polar surface area (TPSA) is 69.0 Å². The van der Waals surface area contributed by atoms with Gasteiger partial charge in [-0.1, -0.05) is 0 Å². The monoisotopic (exact) mass is 302 g/mol. The molecule has 0 aromatic carbocycles. The van der Waals surface area contributed by atoms with Crippen molar-refractivity contribution in [2.75, 3.05) is 13.2 Å². The van der Waals surface area contributed by atoms with Crippen molar-refractivity contribution in [3.05, 3.63) is 23.5 Å². The lowest BCUT2D eigenvalue weighted by Crippen LogP contribution is -2.32. The summed E-state index contributed by atoms with van der Waals surface area (Å²) in [5, 5.41) is 8.18. The van der Waals surface area contributed by atoms with Crippen LogP contribution in [0.5, 0.6) is 0 Å². The average Bonchev–Trinajstić information content (AvgIpc) is 3.12. The number of amides is 1. The predicted octanol–water partition coefficient (Wildman–Crippen LogP) is 2.23. The van der Waals surface area contributed by atoms with Crippen molar-refractivity contribution < 1.29 is 9.53 Å². The molecule has 0 radical (unpaired) electrons. The summed E-state index contributed by atoms with van der Waals surface area (Å²) in [7, 11) is 0. The van der Waals surface area contributed by atoms with Crippen molar-refractivity contribution in [2.45, 2.75) is 45.8 Å². The van der Waals surface area contributed by atoms with E-state index in [9.17, 15) is 4.79 Å². The molecule has 0 saturated carbocycles. The number of aryl methyl sites for hydroxylation is 1. The minimum absolute atomic E-state index is 0.0975. The van der Waals surface area contributed by atoms with Gasteiger partial charge in [0.1, 0.15) is 0 Å². The smallest absolute Gasteiger partial charge is 0.253 e. The van der Waals surface area contributed by atoms with Crippen molar-refractivity contribution in [3.8, 4) is 0 Å². The number of carbonyl (C=O) groups is 1. The molecule has 0 bridgehead atoms. The van der Waals surface area contributed by atoms with E-state index >= 15 is 0 Å². The van der Waals surface area contributed by atoms with E-state index < -0.39 is 0 Å². The molecule has 6 heteroatoms. The zero-order chi connectivity index (χ0) is 15.7. The van der Waals surface area contributed by atoms with Gasteiger partial charge in [-0.2, -0.15) is 5.10 Å². The Morgan fingerprint density at radius 3 is 3.05 bits per heavy atom. The van der Waals surface area contributed by atoms with Gasteiger partial charge in [-0.3, -0.25) is 4.79 Å². The fourth-order valence-electron chi connectivity index (χ4n) is 2.78. The van der Waals surface area contributed by atoms with Gasteiger partial charge in [0.25, 0.3) is 5.91 Å². The van der Waals surface area contributed by atoms with Gasteiger partial charge >= 0.3 is 0 Å². The molecule has 3 rings (SSSR count). The van der Waals surface area contributed by atoms with E-state index in [1.165, 1.54) is 0 Å². The van der Waals surface area contributed by atoms with Gasteiger partial charge in [-0.05, 0) is 39.7 Å². The fraction of sp³-hybridized carbons (Fsp3) is 0.562. The first-order valence-corrected chi connectivity index (χ1v) is 7.81. The minimum Gasteiger partial charge on any atom is -0.376 e. The number of nitrogens with zero attached hydrogens (tertiary/aromatic N) is 3. The Morgan fingerprint density at radius 1 is 1.55 bits per heavy atom. The standard InChI is InChI=1S/C16H22N4O2/c1-10(2)20-15-12(8-18-20)7-14(11(3)19-15)16(21)17-9-13-5-4-6-22-13/h7-8,10,13H,4-6,9H2,1-3H3,(H,17,21). The van der Waals surface area contributed by atoms with E-state index in [1.54, 1.807) is 6.20 Å². The highest BCUT2D eigenvalue weighted by atomic mass is 16.5. The van der Waals surface area contributed by atoms with Crippen LogP contribution in [0.2, 0.25) is 0 Å². The number of carbonyl (C=O) groups excluding carboxylic acids is 1. The van der Waals surface area contributed by atoms with Gasteiger partial charge < -0.3 is 10.1 Å². The zero-order valence-corrected chi connectivity index (χ0v) is 13.3. The molecular weight excluding hydrogens is 280 g/mol. The van der Waals surface area contributed by atoms with Crippen molar-refractivity contribution in [1.29, 1.82) is 0 Å². The van der Waals surface area contributed by atoms with Gasteiger partial charge in [-0.15, -0.1) is 0 Å². The molecule has 1 unspecified atom stereocenters. The number of hydrogen-bond donors (Lipinski definition) is 1. The zero-order valence-electron chi connectivity index (χ0n) is 13.3. The summed E-state index contributed by atoms with van der Waals surface area (Å²) in [6.45, 7) is 7.33. The molecular formula is C16H22N4O2. The van der Waals surface area contributed by atoms with E-state index in [1.807, 2.05) is 17.7 Å². The number of rotatable bonds is 4. The van der Waals surface area contributed by atoms with Crippen molar-refractivity contribution in [2.24, 2.45) is 0 Å².